The summed E-state index contributed by atoms with van der Waals surface area (Å²) in [5.41, 5.74) is -1.38. The molecule has 0 saturated carbocycles. The summed E-state index contributed by atoms with van der Waals surface area (Å²) >= 11 is 5.73. The molecule has 0 saturated heterocycles. The Balaban J connectivity index is 2.59. The van der Waals surface area contributed by atoms with Crippen molar-refractivity contribution in [2.75, 3.05) is 7.11 Å². The third-order valence-corrected chi connectivity index (χ3v) is 3.29. The monoisotopic (exact) mass is 250 g/mol. The van der Waals surface area contributed by atoms with Gasteiger partial charge in [-0.3, -0.25) is 0 Å². The van der Waals surface area contributed by atoms with Gasteiger partial charge in [0, 0.05) is 12.1 Å². The van der Waals surface area contributed by atoms with Gasteiger partial charge in [0.2, 0.25) is 0 Å². The van der Waals surface area contributed by atoms with E-state index in [1.165, 1.54) is 6.07 Å². The molecule has 1 unspecified atom stereocenters. The second-order valence-corrected chi connectivity index (χ2v) is 4.27. The third-order valence-electron chi connectivity index (χ3n) is 3.06. The summed E-state index contributed by atoms with van der Waals surface area (Å²) in [6.07, 6.45) is -4.14. The van der Waals surface area contributed by atoms with E-state index < -0.39 is 11.8 Å². The fourth-order valence-corrected chi connectivity index (χ4v) is 2.38. The molecule has 1 aliphatic rings. The highest BCUT2D eigenvalue weighted by Crippen LogP contribution is 2.50. The van der Waals surface area contributed by atoms with Gasteiger partial charge in [-0.2, -0.15) is 13.2 Å². The van der Waals surface area contributed by atoms with Gasteiger partial charge in [-0.1, -0.05) is 17.7 Å². The maximum Gasteiger partial charge on any atom is 0.421 e. The van der Waals surface area contributed by atoms with Gasteiger partial charge < -0.3 is 4.74 Å². The lowest BCUT2D eigenvalue weighted by molar-refractivity contribution is -0.275. The van der Waals surface area contributed by atoms with E-state index in [2.05, 4.69) is 0 Å². The van der Waals surface area contributed by atoms with Crippen molar-refractivity contribution in [1.82, 2.24) is 0 Å². The second kappa shape index (κ2) is 3.64. The minimum absolute atomic E-state index is 0.0807. The van der Waals surface area contributed by atoms with Gasteiger partial charge in [-0.15, -0.1) is 0 Å². The predicted molar refractivity (Wildman–Crippen MR) is 54.5 cm³/mol. The molecule has 0 spiro atoms. The number of benzene rings is 1. The van der Waals surface area contributed by atoms with Gasteiger partial charge in [0.1, 0.15) is 0 Å². The molecule has 0 radical (unpaired) electrons. The quantitative estimate of drug-likeness (QED) is 0.739. The molecule has 0 bridgehead atoms. The number of alkyl halides is 3. The van der Waals surface area contributed by atoms with E-state index in [-0.39, 0.29) is 12.0 Å². The van der Waals surface area contributed by atoms with E-state index in [4.69, 9.17) is 16.3 Å². The Kier molecular flexibility index (Phi) is 2.67. The fraction of sp³-hybridized carbons (Fsp3) is 0.455. The largest absolute Gasteiger partial charge is 0.421 e. The minimum Gasteiger partial charge on any atom is -0.364 e. The van der Waals surface area contributed by atoms with Crippen LogP contribution in [0.2, 0.25) is 5.02 Å². The number of halogens is 4. The summed E-state index contributed by atoms with van der Waals surface area (Å²) in [6.45, 7) is 0. The van der Waals surface area contributed by atoms with Crippen molar-refractivity contribution in [3.8, 4) is 0 Å². The first-order valence-corrected chi connectivity index (χ1v) is 5.19. The summed E-state index contributed by atoms with van der Waals surface area (Å²) in [5, 5.41) is 0.298. The molecule has 0 aliphatic heterocycles. The van der Waals surface area contributed by atoms with Gasteiger partial charge >= 0.3 is 6.18 Å². The van der Waals surface area contributed by atoms with E-state index in [0.717, 1.165) is 7.11 Å². The molecule has 2 rings (SSSR count). The van der Waals surface area contributed by atoms with Crippen molar-refractivity contribution < 1.29 is 17.9 Å². The van der Waals surface area contributed by atoms with Crippen LogP contribution in [0.15, 0.2) is 18.2 Å². The number of hydrogen-bond donors (Lipinski definition) is 0. The van der Waals surface area contributed by atoms with Gasteiger partial charge in [-0.25, -0.2) is 0 Å². The van der Waals surface area contributed by atoms with Crippen LogP contribution in [0.4, 0.5) is 13.2 Å². The summed E-state index contributed by atoms with van der Waals surface area (Å²) in [4.78, 5) is 0. The number of fused-ring (bicyclic) bond motifs is 1. The van der Waals surface area contributed by atoms with E-state index >= 15 is 0 Å². The van der Waals surface area contributed by atoms with E-state index in [0.29, 0.717) is 17.0 Å². The smallest absolute Gasteiger partial charge is 0.364 e. The van der Waals surface area contributed by atoms with Crippen LogP contribution in [0.25, 0.3) is 0 Å². The summed E-state index contributed by atoms with van der Waals surface area (Å²) < 4.78 is 43.9. The first kappa shape index (κ1) is 11.7. The number of methoxy groups -OCH3 is 1. The molecular formula is C11H10ClF3O. The molecule has 0 heterocycles. The lowest BCUT2D eigenvalue weighted by atomic mass is 9.95. The Morgan fingerprint density at radius 3 is 2.62 bits per heavy atom. The Morgan fingerprint density at radius 1 is 1.38 bits per heavy atom. The molecule has 1 nitrogen and oxygen atoms in total. The average Bonchev–Trinajstić information content (AvgIpc) is 2.56. The molecule has 0 N–H and O–H groups in total. The second-order valence-electron chi connectivity index (χ2n) is 3.83. The SMILES string of the molecule is COC1(C(F)(F)F)CCc2ccc(Cl)cc21. The van der Waals surface area contributed by atoms with Crippen LogP contribution in [0.1, 0.15) is 17.5 Å². The van der Waals surface area contributed by atoms with Crippen molar-refractivity contribution in [2.45, 2.75) is 24.6 Å². The molecule has 1 aromatic rings. The zero-order valence-corrected chi connectivity index (χ0v) is 9.32. The predicted octanol–water partition coefficient (Wildman–Crippen LogP) is 3.69. The van der Waals surface area contributed by atoms with E-state index in [1.807, 2.05) is 0 Å². The molecule has 5 heteroatoms. The molecule has 0 fully saturated rings. The number of rotatable bonds is 1. The van der Waals surface area contributed by atoms with Crippen LogP contribution in [0, 0.1) is 0 Å². The number of aryl methyl sites for hydroxylation is 1. The van der Waals surface area contributed by atoms with E-state index in [9.17, 15) is 13.2 Å². The Morgan fingerprint density at radius 2 is 2.06 bits per heavy atom. The van der Waals surface area contributed by atoms with Gasteiger partial charge in [0.25, 0.3) is 0 Å². The van der Waals surface area contributed by atoms with Gasteiger partial charge in [-0.05, 0) is 36.1 Å². The lowest BCUT2D eigenvalue weighted by Gasteiger charge is -2.31. The number of ether oxygens (including phenoxy) is 1. The summed E-state index contributed by atoms with van der Waals surface area (Å²) in [7, 11) is 1.09. The van der Waals surface area contributed by atoms with Crippen LogP contribution >= 0.6 is 11.6 Å². The lowest BCUT2D eigenvalue weighted by Crippen LogP contribution is -2.42. The van der Waals surface area contributed by atoms with Crippen molar-refractivity contribution in [3.63, 3.8) is 0 Å². The molecule has 0 amide bonds. The fourth-order valence-electron chi connectivity index (χ4n) is 2.21. The normalized spacial score (nSPS) is 24.6. The van der Waals surface area contributed by atoms with Crippen molar-refractivity contribution in [3.05, 3.63) is 34.3 Å². The van der Waals surface area contributed by atoms with Gasteiger partial charge in [0.05, 0.1) is 0 Å². The molecule has 0 aromatic heterocycles. The summed E-state index contributed by atoms with van der Waals surface area (Å²) in [6, 6.07) is 4.58. The standard InChI is InChI=1S/C11H10ClF3O/c1-16-10(11(13,14)15)5-4-7-2-3-8(12)6-9(7)10/h2-3,6H,4-5H2,1H3. The first-order valence-electron chi connectivity index (χ1n) is 4.81. The maximum atomic E-state index is 13.1. The molecule has 1 aliphatic carbocycles. The van der Waals surface area contributed by atoms with Crippen LogP contribution < -0.4 is 0 Å². The summed E-state index contributed by atoms with van der Waals surface area (Å²) in [5.74, 6) is 0. The van der Waals surface area contributed by atoms with Crippen molar-refractivity contribution in [2.24, 2.45) is 0 Å². The Labute approximate surface area is 96.2 Å². The van der Waals surface area contributed by atoms with E-state index in [1.54, 1.807) is 12.1 Å². The molecule has 1 aromatic carbocycles. The molecular weight excluding hydrogens is 241 g/mol. The first-order chi connectivity index (χ1) is 7.40. The molecule has 1 atom stereocenters. The minimum atomic E-state index is -4.42. The van der Waals surface area contributed by atoms with Crippen LogP contribution in [0.3, 0.4) is 0 Å². The molecule has 16 heavy (non-hydrogen) atoms. The Hall–Kier alpha value is -0.740. The van der Waals surface area contributed by atoms with Crippen LogP contribution in [-0.2, 0) is 16.8 Å². The van der Waals surface area contributed by atoms with Crippen molar-refractivity contribution in [1.29, 1.82) is 0 Å². The maximum absolute atomic E-state index is 13.1. The number of hydrogen-bond acceptors (Lipinski definition) is 1. The third kappa shape index (κ3) is 1.52. The highest BCUT2D eigenvalue weighted by Gasteiger charge is 2.59. The zero-order chi connectivity index (χ0) is 12.0. The van der Waals surface area contributed by atoms with Crippen LogP contribution in [0.5, 0.6) is 0 Å². The average molecular weight is 251 g/mol. The Bertz CT molecular complexity index is 416. The van der Waals surface area contributed by atoms with Gasteiger partial charge in [0.15, 0.2) is 5.60 Å². The topological polar surface area (TPSA) is 9.23 Å². The molecule has 88 valence electrons. The zero-order valence-electron chi connectivity index (χ0n) is 8.57. The highest BCUT2D eigenvalue weighted by molar-refractivity contribution is 6.30. The van der Waals surface area contributed by atoms with Crippen LogP contribution in [-0.4, -0.2) is 13.3 Å². The highest BCUT2D eigenvalue weighted by atomic mass is 35.5. The van der Waals surface area contributed by atoms with Crippen molar-refractivity contribution >= 4 is 11.6 Å².